The third-order valence-corrected chi connectivity index (χ3v) is 4.20. The molecule has 0 bridgehead atoms. The lowest BCUT2D eigenvalue weighted by Gasteiger charge is -2.42. The van der Waals surface area contributed by atoms with Gasteiger partial charge in [-0.3, -0.25) is 0 Å². The molecule has 2 atom stereocenters. The van der Waals surface area contributed by atoms with E-state index in [2.05, 4.69) is 38.0 Å². The molecular formula is C14H30N2O. The van der Waals surface area contributed by atoms with Gasteiger partial charge in [0, 0.05) is 31.2 Å². The van der Waals surface area contributed by atoms with Gasteiger partial charge in [-0.05, 0) is 39.8 Å². The fourth-order valence-electron chi connectivity index (χ4n) is 2.79. The first-order chi connectivity index (χ1) is 8.01. The maximum atomic E-state index is 5.71. The van der Waals surface area contributed by atoms with Crippen LogP contribution in [0.4, 0.5) is 0 Å². The third kappa shape index (κ3) is 4.23. The van der Waals surface area contributed by atoms with Crippen LogP contribution in [0.1, 0.15) is 33.6 Å². The van der Waals surface area contributed by atoms with Crippen LogP contribution >= 0.6 is 0 Å². The minimum Gasteiger partial charge on any atom is -0.381 e. The SMILES string of the molecule is CNCC1(CN(C)C(C)C(C)C)CCCOC1. The molecule has 0 aliphatic carbocycles. The summed E-state index contributed by atoms with van der Waals surface area (Å²) in [5.74, 6) is 0.705. The lowest BCUT2D eigenvalue weighted by atomic mass is 9.81. The Morgan fingerprint density at radius 2 is 2.06 bits per heavy atom. The number of nitrogens with one attached hydrogen (secondary N) is 1. The Bertz CT molecular complexity index is 207. The van der Waals surface area contributed by atoms with Gasteiger partial charge in [-0.15, -0.1) is 0 Å². The number of ether oxygens (including phenoxy) is 1. The van der Waals surface area contributed by atoms with Gasteiger partial charge < -0.3 is 15.0 Å². The minimum absolute atomic E-state index is 0.310. The standard InChI is InChI=1S/C14H30N2O/c1-12(2)13(3)16(5)10-14(9-15-4)7-6-8-17-11-14/h12-13,15H,6-11H2,1-5H3. The molecule has 0 aromatic carbocycles. The number of hydrogen-bond acceptors (Lipinski definition) is 3. The zero-order valence-electron chi connectivity index (χ0n) is 12.3. The predicted molar refractivity (Wildman–Crippen MR) is 73.3 cm³/mol. The first-order valence-electron chi connectivity index (χ1n) is 6.93. The van der Waals surface area contributed by atoms with E-state index in [1.807, 2.05) is 7.05 Å². The highest BCUT2D eigenvalue weighted by Gasteiger charge is 2.34. The lowest BCUT2D eigenvalue weighted by Crippen LogP contribution is -2.50. The van der Waals surface area contributed by atoms with E-state index in [4.69, 9.17) is 4.74 Å². The molecule has 1 aliphatic rings. The Balaban J connectivity index is 2.59. The summed E-state index contributed by atoms with van der Waals surface area (Å²) in [6, 6.07) is 0.630. The molecule has 1 saturated heterocycles. The molecule has 0 spiro atoms. The molecule has 0 amide bonds. The van der Waals surface area contributed by atoms with E-state index >= 15 is 0 Å². The molecule has 3 nitrogen and oxygen atoms in total. The first kappa shape index (κ1) is 14.9. The summed E-state index contributed by atoms with van der Waals surface area (Å²) in [5, 5.41) is 3.35. The van der Waals surface area contributed by atoms with Gasteiger partial charge in [-0.1, -0.05) is 13.8 Å². The molecule has 2 unspecified atom stereocenters. The van der Waals surface area contributed by atoms with Crippen molar-refractivity contribution >= 4 is 0 Å². The largest absolute Gasteiger partial charge is 0.381 e. The summed E-state index contributed by atoms with van der Waals surface area (Å²) < 4.78 is 5.71. The van der Waals surface area contributed by atoms with E-state index < -0.39 is 0 Å². The molecule has 0 aromatic rings. The lowest BCUT2D eigenvalue weighted by molar-refractivity contribution is -0.0290. The van der Waals surface area contributed by atoms with E-state index in [0.717, 1.165) is 26.3 Å². The number of rotatable bonds is 6. The van der Waals surface area contributed by atoms with Crippen LogP contribution in [0.25, 0.3) is 0 Å². The summed E-state index contributed by atoms with van der Waals surface area (Å²) in [6.07, 6.45) is 2.48. The van der Waals surface area contributed by atoms with Gasteiger partial charge in [0.15, 0.2) is 0 Å². The Hall–Kier alpha value is -0.120. The summed E-state index contributed by atoms with van der Waals surface area (Å²) in [7, 11) is 4.29. The average molecular weight is 242 g/mol. The summed E-state index contributed by atoms with van der Waals surface area (Å²) in [5.41, 5.74) is 0.310. The number of nitrogens with zero attached hydrogens (tertiary/aromatic N) is 1. The second kappa shape index (κ2) is 6.72. The maximum Gasteiger partial charge on any atom is 0.0546 e. The van der Waals surface area contributed by atoms with Crippen molar-refractivity contribution in [2.45, 2.75) is 39.7 Å². The van der Waals surface area contributed by atoms with Crippen molar-refractivity contribution in [1.29, 1.82) is 0 Å². The molecule has 1 N–H and O–H groups in total. The van der Waals surface area contributed by atoms with Gasteiger partial charge in [0.2, 0.25) is 0 Å². The van der Waals surface area contributed by atoms with Gasteiger partial charge in [-0.25, -0.2) is 0 Å². The topological polar surface area (TPSA) is 24.5 Å². The van der Waals surface area contributed by atoms with Crippen molar-refractivity contribution in [3.8, 4) is 0 Å². The Kier molecular flexibility index (Phi) is 5.90. The van der Waals surface area contributed by atoms with Crippen LogP contribution in [0.3, 0.4) is 0 Å². The average Bonchev–Trinajstić information content (AvgIpc) is 2.29. The van der Waals surface area contributed by atoms with Crippen LogP contribution in [-0.4, -0.2) is 51.3 Å². The van der Waals surface area contributed by atoms with E-state index in [0.29, 0.717) is 17.4 Å². The van der Waals surface area contributed by atoms with Gasteiger partial charge >= 0.3 is 0 Å². The summed E-state index contributed by atoms with van der Waals surface area (Å²) in [6.45, 7) is 10.9. The molecular weight excluding hydrogens is 212 g/mol. The van der Waals surface area contributed by atoms with Gasteiger partial charge in [0.1, 0.15) is 0 Å². The fraction of sp³-hybridized carbons (Fsp3) is 1.00. The molecule has 0 aromatic heterocycles. The molecule has 1 rings (SSSR count). The molecule has 0 saturated carbocycles. The predicted octanol–water partition coefficient (Wildman–Crippen LogP) is 1.98. The van der Waals surface area contributed by atoms with Gasteiger partial charge in [0.25, 0.3) is 0 Å². The van der Waals surface area contributed by atoms with Crippen LogP contribution in [0, 0.1) is 11.3 Å². The second-order valence-corrected chi connectivity index (χ2v) is 6.09. The molecule has 102 valence electrons. The highest BCUT2D eigenvalue weighted by Crippen LogP contribution is 2.29. The van der Waals surface area contributed by atoms with Crippen molar-refractivity contribution in [2.24, 2.45) is 11.3 Å². The normalized spacial score (nSPS) is 27.7. The van der Waals surface area contributed by atoms with Crippen LogP contribution < -0.4 is 5.32 Å². The van der Waals surface area contributed by atoms with Crippen molar-refractivity contribution in [2.75, 3.05) is 40.4 Å². The Labute approximate surface area is 107 Å². The molecule has 1 heterocycles. The van der Waals surface area contributed by atoms with E-state index in [1.165, 1.54) is 12.8 Å². The Morgan fingerprint density at radius 1 is 1.35 bits per heavy atom. The molecule has 1 aliphatic heterocycles. The van der Waals surface area contributed by atoms with Crippen LogP contribution in [-0.2, 0) is 4.74 Å². The smallest absolute Gasteiger partial charge is 0.0546 e. The first-order valence-corrected chi connectivity index (χ1v) is 6.93. The van der Waals surface area contributed by atoms with Crippen LogP contribution in [0.15, 0.2) is 0 Å². The summed E-state index contributed by atoms with van der Waals surface area (Å²) >= 11 is 0. The van der Waals surface area contributed by atoms with Gasteiger partial charge in [0.05, 0.1) is 6.61 Å². The quantitative estimate of drug-likeness (QED) is 0.771. The highest BCUT2D eigenvalue weighted by molar-refractivity contribution is 4.87. The second-order valence-electron chi connectivity index (χ2n) is 6.09. The highest BCUT2D eigenvalue weighted by atomic mass is 16.5. The van der Waals surface area contributed by atoms with E-state index in [1.54, 1.807) is 0 Å². The maximum absolute atomic E-state index is 5.71. The zero-order valence-corrected chi connectivity index (χ0v) is 12.3. The van der Waals surface area contributed by atoms with E-state index in [-0.39, 0.29) is 0 Å². The van der Waals surface area contributed by atoms with Crippen molar-refractivity contribution in [3.63, 3.8) is 0 Å². The fourth-order valence-corrected chi connectivity index (χ4v) is 2.79. The minimum atomic E-state index is 0.310. The molecule has 1 fully saturated rings. The van der Waals surface area contributed by atoms with Crippen molar-refractivity contribution < 1.29 is 4.74 Å². The van der Waals surface area contributed by atoms with Crippen LogP contribution in [0.5, 0.6) is 0 Å². The van der Waals surface area contributed by atoms with Crippen molar-refractivity contribution in [1.82, 2.24) is 10.2 Å². The molecule has 17 heavy (non-hydrogen) atoms. The van der Waals surface area contributed by atoms with Crippen LogP contribution in [0.2, 0.25) is 0 Å². The molecule has 3 heteroatoms. The third-order valence-electron chi connectivity index (χ3n) is 4.20. The molecule has 0 radical (unpaired) electrons. The Morgan fingerprint density at radius 3 is 2.53 bits per heavy atom. The van der Waals surface area contributed by atoms with E-state index in [9.17, 15) is 0 Å². The van der Waals surface area contributed by atoms with Crippen molar-refractivity contribution in [3.05, 3.63) is 0 Å². The monoisotopic (exact) mass is 242 g/mol. The number of hydrogen-bond donors (Lipinski definition) is 1. The zero-order chi connectivity index (χ0) is 12.9. The van der Waals surface area contributed by atoms with Gasteiger partial charge in [-0.2, -0.15) is 0 Å². The summed E-state index contributed by atoms with van der Waals surface area (Å²) in [4.78, 5) is 2.50.